The van der Waals surface area contributed by atoms with Gasteiger partial charge in [-0.15, -0.1) is 0 Å². The van der Waals surface area contributed by atoms with Crippen LogP contribution in [-0.2, 0) is 16.0 Å². The molecular formula is C17H18O4. The quantitative estimate of drug-likeness (QED) is 0.826. The number of esters is 1. The fraction of sp³-hybridized carbons (Fsp3) is 0.294. The molecule has 21 heavy (non-hydrogen) atoms. The van der Waals surface area contributed by atoms with Crippen LogP contribution in [0.3, 0.4) is 0 Å². The predicted molar refractivity (Wildman–Crippen MR) is 80.5 cm³/mol. The van der Waals surface area contributed by atoms with E-state index in [4.69, 9.17) is 4.74 Å². The summed E-state index contributed by atoms with van der Waals surface area (Å²) >= 11 is 0. The maximum absolute atomic E-state index is 11.3. The average Bonchev–Trinajstić information content (AvgIpc) is 2.47. The molecule has 2 aromatic rings. The summed E-state index contributed by atoms with van der Waals surface area (Å²) in [6.45, 7) is 2.19. The highest BCUT2D eigenvalue weighted by atomic mass is 16.5. The Balaban J connectivity index is 2.20. The third-order valence-corrected chi connectivity index (χ3v) is 3.38. The monoisotopic (exact) mass is 286 g/mol. The SMILES string of the molecule is CCOC(=O)CCCc1ccc(C(=O)O)c2ccccc12. The molecular weight excluding hydrogens is 268 g/mol. The van der Waals surface area contributed by atoms with Gasteiger partial charge >= 0.3 is 11.9 Å². The van der Waals surface area contributed by atoms with Gasteiger partial charge in [0.2, 0.25) is 0 Å². The topological polar surface area (TPSA) is 63.6 Å². The van der Waals surface area contributed by atoms with Gasteiger partial charge in [-0.3, -0.25) is 4.79 Å². The number of fused-ring (bicyclic) bond motifs is 1. The number of hydrogen-bond donors (Lipinski definition) is 1. The zero-order valence-corrected chi connectivity index (χ0v) is 12.0. The normalized spacial score (nSPS) is 10.5. The van der Waals surface area contributed by atoms with Gasteiger partial charge in [0.25, 0.3) is 0 Å². The molecule has 2 aromatic carbocycles. The van der Waals surface area contributed by atoms with Crippen molar-refractivity contribution < 1.29 is 19.4 Å². The molecule has 0 aliphatic rings. The van der Waals surface area contributed by atoms with E-state index in [0.717, 1.165) is 22.8 Å². The molecule has 0 radical (unpaired) electrons. The van der Waals surface area contributed by atoms with Gasteiger partial charge in [-0.25, -0.2) is 4.79 Å². The summed E-state index contributed by atoms with van der Waals surface area (Å²) in [4.78, 5) is 22.6. The molecule has 0 spiro atoms. The van der Waals surface area contributed by atoms with Crippen molar-refractivity contribution in [1.29, 1.82) is 0 Å². The number of rotatable bonds is 6. The first-order valence-corrected chi connectivity index (χ1v) is 7.03. The summed E-state index contributed by atoms with van der Waals surface area (Å²) in [5.74, 6) is -1.12. The van der Waals surface area contributed by atoms with Crippen molar-refractivity contribution in [3.8, 4) is 0 Å². The average molecular weight is 286 g/mol. The van der Waals surface area contributed by atoms with E-state index < -0.39 is 5.97 Å². The summed E-state index contributed by atoms with van der Waals surface area (Å²) < 4.78 is 4.90. The smallest absolute Gasteiger partial charge is 0.336 e. The second-order valence-electron chi connectivity index (χ2n) is 4.78. The highest BCUT2D eigenvalue weighted by molar-refractivity contribution is 6.04. The summed E-state index contributed by atoms with van der Waals surface area (Å²) in [7, 11) is 0. The van der Waals surface area contributed by atoms with Gasteiger partial charge in [0.1, 0.15) is 0 Å². The van der Waals surface area contributed by atoms with E-state index in [1.807, 2.05) is 30.3 Å². The van der Waals surface area contributed by atoms with Crippen LogP contribution >= 0.6 is 0 Å². The molecule has 0 saturated heterocycles. The Morgan fingerprint density at radius 2 is 1.81 bits per heavy atom. The molecule has 4 nitrogen and oxygen atoms in total. The van der Waals surface area contributed by atoms with Crippen LogP contribution in [0, 0.1) is 0 Å². The molecule has 0 heterocycles. The predicted octanol–water partition coefficient (Wildman–Crippen LogP) is 3.42. The van der Waals surface area contributed by atoms with Crippen LogP contribution in [-0.4, -0.2) is 23.7 Å². The van der Waals surface area contributed by atoms with Gasteiger partial charge < -0.3 is 9.84 Å². The van der Waals surface area contributed by atoms with Gasteiger partial charge in [0.05, 0.1) is 12.2 Å². The molecule has 0 aromatic heterocycles. The first-order chi connectivity index (χ1) is 10.1. The standard InChI is InChI=1S/C17H18O4/c1-2-21-16(18)9-5-6-12-10-11-15(17(19)20)14-8-4-3-7-13(12)14/h3-4,7-8,10-11H,2,5-6,9H2,1H3,(H,19,20). The Morgan fingerprint density at radius 1 is 1.10 bits per heavy atom. The molecule has 0 amide bonds. The van der Waals surface area contributed by atoms with Crippen LogP contribution in [0.2, 0.25) is 0 Å². The van der Waals surface area contributed by atoms with Crippen molar-refractivity contribution in [3.63, 3.8) is 0 Å². The second kappa shape index (κ2) is 6.88. The number of benzene rings is 2. The highest BCUT2D eigenvalue weighted by Gasteiger charge is 2.11. The number of ether oxygens (including phenoxy) is 1. The number of carboxylic acid groups (broad SMARTS) is 1. The summed E-state index contributed by atoms with van der Waals surface area (Å²) in [5.41, 5.74) is 1.36. The maximum atomic E-state index is 11.3. The van der Waals surface area contributed by atoms with Crippen LogP contribution in [0.4, 0.5) is 0 Å². The molecule has 0 unspecified atom stereocenters. The molecule has 4 heteroatoms. The van der Waals surface area contributed by atoms with Crippen molar-refractivity contribution in [2.24, 2.45) is 0 Å². The molecule has 110 valence electrons. The van der Waals surface area contributed by atoms with E-state index in [9.17, 15) is 14.7 Å². The lowest BCUT2D eigenvalue weighted by atomic mass is 9.96. The zero-order valence-electron chi connectivity index (χ0n) is 12.0. The lowest BCUT2D eigenvalue weighted by molar-refractivity contribution is -0.143. The minimum absolute atomic E-state index is 0.191. The number of aryl methyl sites for hydroxylation is 1. The Morgan fingerprint density at radius 3 is 2.48 bits per heavy atom. The van der Waals surface area contributed by atoms with Crippen LogP contribution in [0.5, 0.6) is 0 Å². The Bertz CT molecular complexity index is 661. The molecule has 0 saturated carbocycles. The molecule has 2 rings (SSSR count). The van der Waals surface area contributed by atoms with Crippen molar-refractivity contribution in [1.82, 2.24) is 0 Å². The molecule has 1 N–H and O–H groups in total. The fourth-order valence-electron chi connectivity index (χ4n) is 2.42. The third-order valence-electron chi connectivity index (χ3n) is 3.38. The maximum Gasteiger partial charge on any atom is 0.336 e. The van der Waals surface area contributed by atoms with Crippen LogP contribution in [0.1, 0.15) is 35.7 Å². The van der Waals surface area contributed by atoms with Crippen molar-refractivity contribution >= 4 is 22.7 Å². The Hall–Kier alpha value is -2.36. The fourth-order valence-corrected chi connectivity index (χ4v) is 2.42. The zero-order chi connectivity index (χ0) is 15.2. The van der Waals surface area contributed by atoms with Gasteiger partial charge in [0.15, 0.2) is 0 Å². The van der Waals surface area contributed by atoms with E-state index in [1.54, 1.807) is 13.0 Å². The number of hydrogen-bond acceptors (Lipinski definition) is 3. The largest absolute Gasteiger partial charge is 0.478 e. The van der Waals surface area contributed by atoms with Gasteiger partial charge in [0, 0.05) is 6.42 Å². The van der Waals surface area contributed by atoms with Crippen molar-refractivity contribution in [3.05, 3.63) is 47.5 Å². The van der Waals surface area contributed by atoms with Gasteiger partial charge in [-0.05, 0) is 42.2 Å². The molecule has 0 fully saturated rings. The highest BCUT2D eigenvalue weighted by Crippen LogP contribution is 2.24. The lowest BCUT2D eigenvalue weighted by Gasteiger charge is -2.09. The van der Waals surface area contributed by atoms with E-state index in [-0.39, 0.29) is 5.97 Å². The van der Waals surface area contributed by atoms with E-state index in [0.29, 0.717) is 25.0 Å². The van der Waals surface area contributed by atoms with E-state index >= 15 is 0 Å². The second-order valence-corrected chi connectivity index (χ2v) is 4.78. The molecule has 0 aliphatic heterocycles. The first kappa shape index (κ1) is 15.0. The molecule has 0 aliphatic carbocycles. The number of carbonyl (C=O) groups is 2. The number of carbonyl (C=O) groups excluding carboxylic acids is 1. The van der Waals surface area contributed by atoms with Gasteiger partial charge in [-0.2, -0.15) is 0 Å². The minimum Gasteiger partial charge on any atom is -0.478 e. The molecule has 0 atom stereocenters. The van der Waals surface area contributed by atoms with E-state index in [2.05, 4.69) is 0 Å². The van der Waals surface area contributed by atoms with Crippen LogP contribution in [0.25, 0.3) is 10.8 Å². The lowest BCUT2D eigenvalue weighted by Crippen LogP contribution is -2.04. The third kappa shape index (κ3) is 3.60. The first-order valence-electron chi connectivity index (χ1n) is 7.03. The summed E-state index contributed by atoms with van der Waals surface area (Å²) in [5, 5.41) is 10.9. The van der Waals surface area contributed by atoms with Crippen LogP contribution < -0.4 is 0 Å². The number of aromatic carboxylic acids is 1. The van der Waals surface area contributed by atoms with Crippen LogP contribution in [0.15, 0.2) is 36.4 Å². The molecule has 0 bridgehead atoms. The Labute approximate surface area is 123 Å². The minimum atomic E-state index is -0.927. The van der Waals surface area contributed by atoms with E-state index in [1.165, 1.54) is 0 Å². The number of carboxylic acids is 1. The van der Waals surface area contributed by atoms with Crippen molar-refractivity contribution in [2.45, 2.75) is 26.2 Å². The Kier molecular flexibility index (Phi) is 4.93. The summed E-state index contributed by atoms with van der Waals surface area (Å²) in [6.07, 6.45) is 1.79. The van der Waals surface area contributed by atoms with Crippen molar-refractivity contribution in [2.75, 3.05) is 6.61 Å². The van der Waals surface area contributed by atoms with Gasteiger partial charge in [-0.1, -0.05) is 30.3 Å². The summed E-state index contributed by atoms with van der Waals surface area (Å²) in [6, 6.07) is 10.9.